The normalized spacial score (nSPS) is 10.9. The van der Waals surface area contributed by atoms with Crippen LogP contribution in [0.3, 0.4) is 0 Å². The van der Waals surface area contributed by atoms with E-state index in [0.717, 1.165) is 5.56 Å². The van der Waals surface area contributed by atoms with Gasteiger partial charge < -0.3 is 0 Å². The molecule has 0 aromatic heterocycles. The van der Waals surface area contributed by atoms with Crippen molar-refractivity contribution in [1.82, 2.24) is 0 Å². The van der Waals surface area contributed by atoms with Crippen LogP contribution in [0.25, 0.3) is 6.08 Å². The van der Waals surface area contributed by atoms with E-state index in [1.54, 1.807) is 0 Å². The van der Waals surface area contributed by atoms with Gasteiger partial charge in [0.1, 0.15) is 0 Å². The third-order valence-corrected chi connectivity index (χ3v) is 1.79. The molecule has 0 saturated carbocycles. The molecule has 0 unspecified atom stereocenters. The van der Waals surface area contributed by atoms with Crippen molar-refractivity contribution < 1.29 is 25.1 Å². The summed E-state index contributed by atoms with van der Waals surface area (Å²) in [7, 11) is 0. The van der Waals surface area contributed by atoms with Gasteiger partial charge in [-0.15, -0.1) is 0 Å². The van der Waals surface area contributed by atoms with Gasteiger partial charge in [0.2, 0.25) is 0 Å². The predicted octanol–water partition coefficient (Wildman–Crippen LogP) is -1.35. The van der Waals surface area contributed by atoms with Gasteiger partial charge in [-0.25, -0.2) is 0 Å². The molecule has 54 valence electrons. The molecule has 0 heterocycles. The summed E-state index contributed by atoms with van der Waals surface area (Å²) in [6, 6.07) is 9.96. The molecular formula is C8H8IO-. The number of halogens is 1. The molecule has 10 heavy (non-hydrogen) atoms. The molecule has 0 fully saturated rings. The Kier molecular flexibility index (Phi) is 3.46. The van der Waals surface area contributed by atoms with Crippen LogP contribution in [-0.2, 0) is 0 Å². The molecule has 0 saturated heterocycles. The molecule has 1 rings (SSSR count). The van der Waals surface area contributed by atoms with Gasteiger partial charge in [-0.05, 0) is 0 Å². The van der Waals surface area contributed by atoms with Crippen molar-refractivity contribution in [3.05, 3.63) is 40.0 Å². The maximum atomic E-state index is 8.55. The fraction of sp³-hybridized carbons (Fsp3) is 0. The van der Waals surface area contributed by atoms with E-state index in [2.05, 4.69) is 0 Å². The third kappa shape index (κ3) is 2.49. The fourth-order valence-corrected chi connectivity index (χ4v) is 1.24. The summed E-state index contributed by atoms with van der Waals surface area (Å²) in [6.07, 6.45) is 1.94. The second-order valence-electron chi connectivity index (χ2n) is 1.80. The average Bonchev–Trinajstić information content (AvgIpc) is 2.03. The zero-order valence-electron chi connectivity index (χ0n) is 5.37. The minimum atomic E-state index is -0.699. The molecule has 0 bridgehead atoms. The molecule has 1 N–H and O–H groups in total. The monoisotopic (exact) mass is 247 g/mol. The molecule has 0 amide bonds. The zero-order valence-corrected chi connectivity index (χ0v) is 7.52. The Morgan fingerprint density at radius 3 is 2.50 bits per heavy atom. The van der Waals surface area contributed by atoms with Crippen LogP contribution in [0.2, 0.25) is 0 Å². The topological polar surface area (TPSA) is 20.2 Å². The van der Waals surface area contributed by atoms with Crippen molar-refractivity contribution in [3.8, 4) is 0 Å². The van der Waals surface area contributed by atoms with Crippen LogP contribution in [0, 0.1) is 0 Å². The quantitative estimate of drug-likeness (QED) is 0.641. The van der Waals surface area contributed by atoms with Crippen molar-refractivity contribution >= 4 is 6.08 Å². The second kappa shape index (κ2) is 4.46. The van der Waals surface area contributed by atoms with Gasteiger partial charge in [0.15, 0.2) is 0 Å². The van der Waals surface area contributed by atoms with E-state index in [-0.39, 0.29) is 0 Å². The first-order valence-electron chi connectivity index (χ1n) is 2.92. The second-order valence-corrected chi connectivity index (χ2v) is 3.08. The molecule has 1 nitrogen and oxygen atoms in total. The Hall–Kier alpha value is -0.350. The molecule has 1 aromatic carbocycles. The third-order valence-electron chi connectivity index (χ3n) is 1.11. The molecule has 0 aliphatic rings. The summed E-state index contributed by atoms with van der Waals surface area (Å²) in [5.41, 5.74) is 1.15. The van der Waals surface area contributed by atoms with Gasteiger partial charge in [0, 0.05) is 0 Å². The summed E-state index contributed by atoms with van der Waals surface area (Å²) < 4.78 is 10.4. The molecule has 1 aromatic rings. The van der Waals surface area contributed by atoms with Crippen LogP contribution < -0.4 is 21.6 Å². The van der Waals surface area contributed by atoms with Gasteiger partial charge in [-0.2, -0.15) is 0 Å². The number of benzene rings is 1. The first kappa shape index (κ1) is 7.75. The van der Waals surface area contributed by atoms with E-state index in [1.165, 1.54) is 0 Å². The number of hydrogen-bond donors (Lipinski definition) is 1. The Bertz CT molecular complexity index is 206. The standard InChI is InChI=1S/C8H8IO/c10-9-7-6-8-4-2-1-3-5-8/h1-7,10H/q-1. The van der Waals surface area contributed by atoms with E-state index in [0.29, 0.717) is 0 Å². The van der Waals surface area contributed by atoms with Crippen molar-refractivity contribution in [2.75, 3.05) is 0 Å². The fourth-order valence-electron chi connectivity index (χ4n) is 0.665. The number of rotatable bonds is 2. The Morgan fingerprint density at radius 1 is 1.20 bits per heavy atom. The Balaban J connectivity index is 2.67. The maximum absolute atomic E-state index is 8.55. The SMILES string of the molecule is O[I-]C=Cc1ccccc1. The summed E-state index contributed by atoms with van der Waals surface area (Å²) in [6.45, 7) is 0. The first-order chi connectivity index (χ1) is 4.93. The van der Waals surface area contributed by atoms with Crippen LogP contribution in [0.5, 0.6) is 0 Å². The van der Waals surface area contributed by atoms with Gasteiger partial charge in [-0.1, -0.05) is 0 Å². The number of hydrogen-bond acceptors (Lipinski definition) is 1. The zero-order chi connectivity index (χ0) is 7.23. The van der Waals surface area contributed by atoms with Gasteiger partial charge in [-0.3, -0.25) is 0 Å². The molecule has 0 spiro atoms. The Morgan fingerprint density at radius 2 is 1.90 bits per heavy atom. The minimum absolute atomic E-state index is 0.699. The summed E-state index contributed by atoms with van der Waals surface area (Å²) in [4.78, 5) is 0. The predicted molar refractivity (Wildman–Crippen MR) is 37.7 cm³/mol. The van der Waals surface area contributed by atoms with Crippen LogP contribution in [0.15, 0.2) is 34.4 Å². The molecule has 2 heteroatoms. The summed E-state index contributed by atoms with van der Waals surface area (Å²) >= 11 is -0.699. The van der Waals surface area contributed by atoms with E-state index in [9.17, 15) is 0 Å². The van der Waals surface area contributed by atoms with Gasteiger partial charge >= 0.3 is 71.1 Å². The van der Waals surface area contributed by atoms with Crippen LogP contribution >= 0.6 is 0 Å². The molecule has 0 aliphatic carbocycles. The van der Waals surface area contributed by atoms with E-state index < -0.39 is 21.6 Å². The van der Waals surface area contributed by atoms with Gasteiger partial charge in [0.25, 0.3) is 0 Å². The molecule has 0 radical (unpaired) electrons. The average molecular weight is 247 g/mol. The molecule has 0 aliphatic heterocycles. The molecular weight excluding hydrogens is 239 g/mol. The van der Waals surface area contributed by atoms with Gasteiger partial charge in [0.05, 0.1) is 0 Å². The van der Waals surface area contributed by atoms with Crippen LogP contribution in [-0.4, -0.2) is 3.44 Å². The summed E-state index contributed by atoms with van der Waals surface area (Å²) in [5.74, 6) is 0. The van der Waals surface area contributed by atoms with Crippen molar-refractivity contribution in [1.29, 1.82) is 0 Å². The van der Waals surface area contributed by atoms with Crippen molar-refractivity contribution in [3.63, 3.8) is 0 Å². The van der Waals surface area contributed by atoms with Crippen LogP contribution in [0.1, 0.15) is 5.56 Å². The van der Waals surface area contributed by atoms with Crippen LogP contribution in [0.4, 0.5) is 0 Å². The van der Waals surface area contributed by atoms with Crippen molar-refractivity contribution in [2.24, 2.45) is 0 Å². The summed E-state index contributed by atoms with van der Waals surface area (Å²) in [5, 5.41) is 0. The first-order valence-corrected chi connectivity index (χ1v) is 5.13. The Labute approximate surface area is 71.2 Å². The van der Waals surface area contributed by atoms with Crippen molar-refractivity contribution in [2.45, 2.75) is 0 Å². The molecule has 0 atom stereocenters. The van der Waals surface area contributed by atoms with E-state index in [1.807, 2.05) is 40.5 Å². The van der Waals surface area contributed by atoms with E-state index >= 15 is 0 Å². The van der Waals surface area contributed by atoms with E-state index in [4.69, 9.17) is 3.44 Å².